The van der Waals surface area contributed by atoms with E-state index in [1.165, 1.54) is 37.8 Å². The van der Waals surface area contributed by atoms with Crippen LogP contribution in [0.15, 0.2) is 18.2 Å². The molecular weight excluding hydrogens is 218 g/mol. The molecule has 0 atom stereocenters. The molecule has 0 saturated carbocycles. The summed E-state index contributed by atoms with van der Waals surface area (Å²) in [6, 6.07) is 3.37. The van der Waals surface area contributed by atoms with Crippen molar-refractivity contribution in [3.8, 4) is 11.8 Å². The Hall–Kier alpha value is -1.36. The summed E-state index contributed by atoms with van der Waals surface area (Å²) >= 11 is 0. The molecule has 1 aromatic carbocycles. The SMILES string of the molecule is CCCCCCCC#Cc1cc(F)cc(F)c1. The van der Waals surface area contributed by atoms with Crippen LogP contribution in [0.3, 0.4) is 0 Å². The van der Waals surface area contributed by atoms with E-state index in [0.29, 0.717) is 5.56 Å². The van der Waals surface area contributed by atoms with Crippen LogP contribution in [0.5, 0.6) is 0 Å². The van der Waals surface area contributed by atoms with Crippen LogP contribution in [-0.4, -0.2) is 0 Å². The normalized spacial score (nSPS) is 9.82. The maximum absolute atomic E-state index is 12.8. The fourth-order valence-electron chi connectivity index (χ4n) is 1.61. The molecule has 0 nitrogen and oxygen atoms in total. The number of benzene rings is 1. The summed E-state index contributed by atoms with van der Waals surface area (Å²) in [7, 11) is 0. The third-order valence-corrected chi connectivity index (χ3v) is 2.50. The molecule has 1 rings (SSSR count). The van der Waals surface area contributed by atoms with Gasteiger partial charge in [-0.1, -0.05) is 44.4 Å². The Labute approximate surface area is 102 Å². The van der Waals surface area contributed by atoms with E-state index in [4.69, 9.17) is 0 Å². The summed E-state index contributed by atoms with van der Waals surface area (Å²) in [5.74, 6) is 4.59. The zero-order valence-electron chi connectivity index (χ0n) is 10.2. The van der Waals surface area contributed by atoms with E-state index in [9.17, 15) is 8.78 Å². The fourth-order valence-corrected chi connectivity index (χ4v) is 1.61. The minimum Gasteiger partial charge on any atom is -0.207 e. The molecule has 92 valence electrons. The molecule has 0 aliphatic heterocycles. The van der Waals surface area contributed by atoms with Crippen molar-refractivity contribution in [3.05, 3.63) is 35.4 Å². The van der Waals surface area contributed by atoms with Gasteiger partial charge in [0.25, 0.3) is 0 Å². The van der Waals surface area contributed by atoms with E-state index >= 15 is 0 Å². The summed E-state index contributed by atoms with van der Waals surface area (Å²) in [5, 5.41) is 0. The van der Waals surface area contributed by atoms with Crippen molar-refractivity contribution in [2.45, 2.75) is 45.4 Å². The molecule has 2 heteroatoms. The Morgan fingerprint density at radius 1 is 0.941 bits per heavy atom. The Balaban J connectivity index is 2.33. The van der Waals surface area contributed by atoms with Gasteiger partial charge in [-0.2, -0.15) is 0 Å². The number of hydrogen-bond acceptors (Lipinski definition) is 0. The second kappa shape index (κ2) is 7.84. The third kappa shape index (κ3) is 6.06. The molecule has 0 radical (unpaired) electrons. The maximum atomic E-state index is 12.8. The summed E-state index contributed by atoms with van der Waals surface area (Å²) in [4.78, 5) is 0. The molecule has 0 saturated heterocycles. The Kier molecular flexibility index (Phi) is 6.32. The van der Waals surface area contributed by atoms with Gasteiger partial charge in [-0.15, -0.1) is 0 Å². The second-order valence-electron chi connectivity index (χ2n) is 4.12. The van der Waals surface area contributed by atoms with Gasteiger partial charge in [-0.05, 0) is 18.6 Å². The first-order valence-corrected chi connectivity index (χ1v) is 6.17. The summed E-state index contributed by atoms with van der Waals surface area (Å²) in [6.45, 7) is 2.18. The number of hydrogen-bond donors (Lipinski definition) is 0. The average Bonchev–Trinajstić information content (AvgIpc) is 2.26. The molecular formula is C15H18F2. The summed E-state index contributed by atoms with van der Waals surface area (Å²) in [5.41, 5.74) is 0.413. The molecule has 0 aliphatic rings. The Morgan fingerprint density at radius 2 is 1.59 bits per heavy atom. The van der Waals surface area contributed by atoms with Crippen LogP contribution in [0.4, 0.5) is 8.78 Å². The highest BCUT2D eigenvalue weighted by Crippen LogP contribution is 2.07. The van der Waals surface area contributed by atoms with Crippen LogP contribution in [-0.2, 0) is 0 Å². The van der Waals surface area contributed by atoms with E-state index in [1.807, 2.05) is 0 Å². The second-order valence-corrected chi connectivity index (χ2v) is 4.12. The highest BCUT2D eigenvalue weighted by atomic mass is 19.1. The van der Waals surface area contributed by atoms with E-state index in [1.54, 1.807) is 0 Å². The predicted octanol–water partition coefficient (Wildman–Crippen LogP) is 4.68. The van der Waals surface area contributed by atoms with Crippen LogP contribution >= 0.6 is 0 Å². The van der Waals surface area contributed by atoms with Crippen molar-refractivity contribution in [1.29, 1.82) is 0 Å². The molecule has 17 heavy (non-hydrogen) atoms. The van der Waals surface area contributed by atoms with Gasteiger partial charge in [-0.25, -0.2) is 8.78 Å². The van der Waals surface area contributed by atoms with Crippen molar-refractivity contribution < 1.29 is 8.78 Å². The standard InChI is InChI=1S/C15H18F2/c1-2-3-4-5-6-7-8-9-13-10-14(16)12-15(17)11-13/h10-12H,2-7H2,1H3. The van der Waals surface area contributed by atoms with Crippen LogP contribution in [0.25, 0.3) is 0 Å². The topological polar surface area (TPSA) is 0 Å². The van der Waals surface area contributed by atoms with Crippen molar-refractivity contribution >= 4 is 0 Å². The molecule has 0 fully saturated rings. The molecule has 0 heterocycles. The molecule has 0 aromatic heterocycles. The molecule has 0 unspecified atom stereocenters. The predicted molar refractivity (Wildman–Crippen MR) is 66.6 cm³/mol. The first-order valence-electron chi connectivity index (χ1n) is 6.17. The lowest BCUT2D eigenvalue weighted by Crippen LogP contribution is -1.83. The van der Waals surface area contributed by atoms with E-state index in [0.717, 1.165) is 18.9 Å². The molecule has 0 N–H and O–H groups in total. The van der Waals surface area contributed by atoms with Crippen molar-refractivity contribution in [3.63, 3.8) is 0 Å². The first kappa shape index (κ1) is 13.7. The third-order valence-electron chi connectivity index (χ3n) is 2.50. The quantitative estimate of drug-likeness (QED) is 0.514. The minimum absolute atomic E-state index is 0.413. The lowest BCUT2D eigenvalue weighted by Gasteiger charge is -1.95. The van der Waals surface area contributed by atoms with Gasteiger partial charge in [0.15, 0.2) is 0 Å². The monoisotopic (exact) mass is 236 g/mol. The minimum atomic E-state index is -0.572. The molecule has 0 bridgehead atoms. The van der Waals surface area contributed by atoms with Crippen LogP contribution in [0.1, 0.15) is 51.0 Å². The highest BCUT2D eigenvalue weighted by Gasteiger charge is 1.96. The summed E-state index contributed by atoms with van der Waals surface area (Å²) < 4.78 is 25.7. The van der Waals surface area contributed by atoms with E-state index < -0.39 is 11.6 Å². The largest absolute Gasteiger partial charge is 0.207 e. The lowest BCUT2D eigenvalue weighted by atomic mass is 10.1. The zero-order chi connectivity index (χ0) is 12.5. The van der Waals surface area contributed by atoms with Crippen molar-refractivity contribution in [2.24, 2.45) is 0 Å². The van der Waals surface area contributed by atoms with Crippen LogP contribution < -0.4 is 0 Å². The Morgan fingerprint density at radius 3 is 2.24 bits per heavy atom. The summed E-state index contributed by atoms with van der Waals surface area (Å²) in [6.07, 6.45) is 6.77. The maximum Gasteiger partial charge on any atom is 0.127 e. The van der Waals surface area contributed by atoms with Crippen molar-refractivity contribution in [1.82, 2.24) is 0 Å². The van der Waals surface area contributed by atoms with Crippen LogP contribution in [0, 0.1) is 23.5 Å². The number of rotatable bonds is 5. The molecule has 0 spiro atoms. The van der Waals surface area contributed by atoms with E-state index in [-0.39, 0.29) is 0 Å². The smallest absolute Gasteiger partial charge is 0.127 e. The number of unbranched alkanes of at least 4 members (excludes halogenated alkanes) is 5. The molecule has 1 aromatic rings. The van der Waals surface area contributed by atoms with E-state index in [2.05, 4.69) is 18.8 Å². The zero-order valence-corrected chi connectivity index (χ0v) is 10.2. The van der Waals surface area contributed by atoms with Gasteiger partial charge in [-0.3, -0.25) is 0 Å². The Bertz CT molecular complexity index is 379. The van der Waals surface area contributed by atoms with Gasteiger partial charge in [0.2, 0.25) is 0 Å². The highest BCUT2D eigenvalue weighted by molar-refractivity contribution is 5.34. The number of halogens is 2. The first-order chi connectivity index (χ1) is 8.22. The van der Waals surface area contributed by atoms with Gasteiger partial charge >= 0.3 is 0 Å². The fraction of sp³-hybridized carbons (Fsp3) is 0.467. The molecule has 0 amide bonds. The lowest BCUT2D eigenvalue weighted by molar-refractivity contribution is 0.582. The van der Waals surface area contributed by atoms with Gasteiger partial charge < -0.3 is 0 Å². The van der Waals surface area contributed by atoms with Crippen molar-refractivity contribution in [2.75, 3.05) is 0 Å². The van der Waals surface area contributed by atoms with Crippen LogP contribution in [0.2, 0.25) is 0 Å². The molecule has 0 aliphatic carbocycles. The van der Waals surface area contributed by atoms with Gasteiger partial charge in [0.05, 0.1) is 0 Å². The van der Waals surface area contributed by atoms with Gasteiger partial charge in [0.1, 0.15) is 11.6 Å². The average molecular weight is 236 g/mol. The van der Waals surface area contributed by atoms with Gasteiger partial charge in [0, 0.05) is 18.1 Å².